The SMILES string of the molecule is O=C(c1ccc(N2CCCCCC2)nn1)N1CCN(c2ccc(F)cc2)CC1. The Kier molecular flexibility index (Phi) is 5.69. The normalized spacial score (nSPS) is 18.1. The fourth-order valence-electron chi connectivity index (χ4n) is 3.89. The molecule has 2 aliphatic rings. The van der Waals surface area contributed by atoms with Gasteiger partial charge in [0.1, 0.15) is 5.82 Å². The van der Waals surface area contributed by atoms with Gasteiger partial charge in [0.15, 0.2) is 11.5 Å². The van der Waals surface area contributed by atoms with Gasteiger partial charge in [-0.05, 0) is 49.2 Å². The Bertz CT molecular complexity index is 779. The van der Waals surface area contributed by atoms with Crippen LogP contribution in [0.2, 0.25) is 0 Å². The van der Waals surface area contributed by atoms with E-state index in [-0.39, 0.29) is 11.7 Å². The first-order valence-corrected chi connectivity index (χ1v) is 10.1. The number of piperazine rings is 1. The summed E-state index contributed by atoms with van der Waals surface area (Å²) in [6.07, 6.45) is 4.90. The van der Waals surface area contributed by atoms with Gasteiger partial charge in [-0.15, -0.1) is 10.2 Å². The number of amides is 1. The predicted octanol–water partition coefficient (Wildman–Crippen LogP) is 2.96. The molecule has 6 nitrogen and oxygen atoms in total. The molecule has 0 bridgehead atoms. The molecule has 0 N–H and O–H groups in total. The van der Waals surface area contributed by atoms with Crippen LogP contribution >= 0.6 is 0 Å². The Hall–Kier alpha value is -2.70. The molecule has 1 amide bonds. The highest BCUT2D eigenvalue weighted by Gasteiger charge is 2.24. The molecule has 3 heterocycles. The van der Waals surface area contributed by atoms with Crippen LogP contribution in [0.25, 0.3) is 0 Å². The van der Waals surface area contributed by atoms with Crippen LogP contribution < -0.4 is 9.80 Å². The maximum absolute atomic E-state index is 13.1. The highest BCUT2D eigenvalue weighted by Crippen LogP contribution is 2.19. The molecule has 0 spiro atoms. The Morgan fingerprint density at radius 3 is 2.04 bits per heavy atom. The van der Waals surface area contributed by atoms with Gasteiger partial charge in [-0.2, -0.15) is 0 Å². The highest BCUT2D eigenvalue weighted by atomic mass is 19.1. The van der Waals surface area contributed by atoms with Crippen molar-refractivity contribution in [2.45, 2.75) is 25.7 Å². The molecule has 28 heavy (non-hydrogen) atoms. The monoisotopic (exact) mass is 383 g/mol. The molecule has 0 unspecified atom stereocenters. The number of aromatic nitrogens is 2. The molecule has 0 saturated carbocycles. The summed E-state index contributed by atoms with van der Waals surface area (Å²) in [5.41, 5.74) is 1.38. The van der Waals surface area contributed by atoms with Gasteiger partial charge in [-0.25, -0.2) is 4.39 Å². The van der Waals surface area contributed by atoms with Crippen molar-refractivity contribution in [3.05, 3.63) is 47.9 Å². The van der Waals surface area contributed by atoms with E-state index in [0.29, 0.717) is 18.8 Å². The zero-order chi connectivity index (χ0) is 19.3. The number of benzene rings is 1. The van der Waals surface area contributed by atoms with Gasteiger partial charge in [0, 0.05) is 45.0 Å². The third kappa shape index (κ3) is 4.24. The van der Waals surface area contributed by atoms with Crippen LogP contribution in [-0.2, 0) is 0 Å². The quantitative estimate of drug-likeness (QED) is 0.816. The van der Waals surface area contributed by atoms with Crippen LogP contribution in [0.15, 0.2) is 36.4 Å². The van der Waals surface area contributed by atoms with Crippen molar-refractivity contribution in [3.63, 3.8) is 0 Å². The Labute approximate surface area is 165 Å². The van der Waals surface area contributed by atoms with E-state index in [0.717, 1.165) is 37.7 Å². The molecule has 4 rings (SSSR count). The number of carbonyl (C=O) groups excluding carboxylic acids is 1. The summed E-state index contributed by atoms with van der Waals surface area (Å²) >= 11 is 0. The molecule has 0 radical (unpaired) electrons. The van der Waals surface area contributed by atoms with E-state index in [1.807, 2.05) is 11.0 Å². The number of hydrogen-bond donors (Lipinski definition) is 0. The van der Waals surface area contributed by atoms with Gasteiger partial charge in [-0.1, -0.05) is 12.8 Å². The van der Waals surface area contributed by atoms with Crippen LogP contribution in [0.4, 0.5) is 15.9 Å². The van der Waals surface area contributed by atoms with E-state index in [1.54, 1.807) is 18.2 Å². The summed E-state index contributed by atoms with van der Waals surface area (Å²) in [5, 5.41) is 8.52. The zero-order valence-electron chi connectivity index (χ0n) is 16.1. The van der Waals surface area contributed by atoms with Gasteiger partial charge in [0.25, 0.3) is 5.91 Å². The van der Waals surface area contributed by atoms with Crippen molar-refractivity contribution >= 4 is 17.4 Å². The number of carbonyl (C=O) groups is 1. The van der Waals surface area contributed by atoms with Gasteiger partial charge in [0.05, 0.1) is 0 Å². The number of anilines is 2. The first-order valence-electron chi connectivity index (χ1n) is 10.1. The molecule has 0 atom stereocenters. The van der Waals surface area contributed by atoms with E-state index < -0.39 is 0 Å². The van der Waals surface area contributed by atoms with Crippen molar-refractivity contribution in [1.29, 1.82) is 0 Å². The van der Waals surface area contributed by atoms with E-state index in [2.05, 4.69) is 20.0 Å². The molecule has 2 saturated heterocycles. The van der Waals surface area contributed by atoms with Gasteiger partial charge in [-0.3, -0.25) is 4.79 Å². The minimum atomic E-state index is -0.236. The molecule has 1 aromatic heterocycles. The smallest absolute Gasteiger partial charge is 0.274 e. The lowest BCUT2D eigenvalue weighted by molar-refractivity contribution is 0.0739. The summed E-state index contributed by atoms with van der Waals surface area (Å²) in [7, 11) is 0. The summed E-state index contributed by atoms with van der Waals surface area (Å²) in [4.78, 5) is 19.0. The first kappa shape index (κ1) is 18.7. The molecule has 2 aliphatic heterocycles. The number of hydrogen-bond acceptors (Lipinski definition) is 5. The maximum Gasteiger partial charge on any atom is 0.274 e. The van der Waals surface area contributed by atoms with Gasteiger partial charge >= 0.3 is 0 Å². The Morgan fingerprint density at radius 1 is 0.750 bits per heavy atom. The molecule has 7 heteroatoms. The molecule has 148 valence electrons. The predicted molar refractivity (Wildman–Crippen MR) is 107 cm³/mol. The second-order valence-corrected chi connectivity index (χ2v) is 7.43. The lowest BCUT2D eigenvalue weighted by Crippen LogP contribution is -2.49. The second-order valence-electron chi connectivity index (χ2n) is 7.43. The van der Waals surface area contributed by atoms with Crippen molar-refractivity contribution in [2.24, 2.45) is 0 Å². The van der Waals surface area contributed by atoms with Crippen LogP contribution in [0, 0.1) is 5.82 Å². The Morgan fingerprint density at radius 2 is 1.43 bits per heavy atom. The average molecular weight is 383 g/mol. The van der Waals surface area contributed by atoms with E-state index >= 15 is 0 Å². The third-order valence-corrected chi connectivity index (χ3v) is 5.56. The van der Waals surface area contributed by atoms with E-state index in [9.17, 15) is 9.18 Å². The number of halogens is 1. The fourth-order valence-corrected chi connectivity index (χ4v) is 3.89. The zero-order valence-corrected chi connectivity index (χ0v) is 16.1. The van der Waals surface area contributed by atoms with Gasteiger partial charge in [0.2, 0.25) is 0 Å². The standard InChI is InChI=1S/C21H26FN5O/c22-17-5-7-18(8-6-17)25-13-15-27(16-14-25)21(28)19-9-10-20(24-23-19)26-11-3-1-2-4-12-26/h5-10H,1-4,11-16H2. The van der Waals surface area contributed by atoms with Crippen LogP contribution in [0.5, 0.6) is 0 Å². The summed E-state index contributed by atoms with van der Waals surface area (Å²) in [6.45, 7) is 4.69. The summed E-state index contributed by atoms with van der Waals surface area (Å²) in [6, 6.07) is 10.2. The lowest BCUT2D eigenvalue weighted by atomic mass is 10.2. The van der Waals surface area contributed by atoms with Gasteiger partial charge < -0.3 is 14.7 Å². The largest absolute Gasteiger partial charge is 0.368 e. The molecule has 2 fully saturated rings. The minimum absolute atomic E-state index is 0.0753. The van der Waals surface area contributed by atoms with E-state index in [4.69, 9.17) is 0 Å². The maximum atomic E-state index is 13.1. The molecule has 1 aromatic carbocycles. The van der Waals surface area contributed by atoms with Crippen LogP contribution in [0.3, 0.4) is 0 Å². The molecule has 2 aromatic rings. The van der Waals surface area contributed by atoms with Crippen LogP contribution in [0.1, 0.15) is 36.2 Å². The van der Waals surface area contributed by atoms with Crippen molar-refractivity contribution in [1.82, 2.24) is 15.1 Å². The third-order valence-electron chi connectivity index (χ3n) is 5.56. The van der Waals surface area contributed by atoms with Crippen molar-refractivity contribution in [2.75, 3.05) is 49.1 Å². The topological polar surface area (TPSA) is 52.6 Å². The average Bonchev–Trinajstić information content (AvgIpc) is 3.04. The Balaban J connectivity index is 1.35. The van der Waals surface area contributed by atoms with Crippen molar-refractivity contribution in [3.8, 4) is 0 Å². The molecular weight excluding hydrogens is 357 g/mol. The highest BCUT2D eigenvalue weighted by molar-refractivity contribution is 5.92. The molecule has 0 aliphatic carbocycles. The molecular formula is C21H26FN5O. The minimum Gasteiger partial charge on any atom is -0.368 e. The second kappa shape index (κ2) is 8.54. The summed E-state index contributed by atoms with van der Waals surface area (Å²) in [5.74, 6) is 0.549. The number of rotatable bonds is 3. The van der Waals surface area contributed by atoms with Crippen molar-refractivity contribution < 1.29 is 9.18 Å². The van der Waals surface area contributed by atoms with E-state index in [1.165, 1.54) is 37.8 Å². The lowest BCUT2D eigenvalue weighted by Gasteiger charge is -2.36. The van der Waals surface area contributed by atoms with Crippen LogP contribution in [-0.4, -0.2) is 60.3 Å². The number of nitrogens with zero attached hydrogens (tertiary/aromatic N) is 5. The summed E-state index contributed by atoms with van der Waals surface area (Å²) < 4.78 is 13.1. The first-order chi connectivity index (χ1) is 13.7. The fraction of sp³-hybridized carbons (Fsp3) is 0.476.